The van der Waals surface area contributed by atoms with E-state index in [1.54, 1.807) is 6.07 Å². The molecule has 2 aromatic rings. The van der Waals surface area contributed by atoms with Gasteiger partial charge in [0.1, 0.15) is 31.1 Å². The van der Waals surface area contributed by atoms with Crippen LogP contribution in [0.1, 0.15) is 17.3 Å². The van der Waals surface area contributed by atoms with Crippen molar-refractivity contribution in [3.8, 4) is 17.2 Å². The normalized spacial score (nSPS) is 10.2. The molecule has 0 aromatic heterocycles. The van der Waals surface area contributed by atoms with E-state index >= 15 is 0 Å². The van der Waals surface area contributed by atoms with E-state index in [2.05, 4.69) is 0 Å². The van der Waals surface area contributed by atoms with Crippen molar-refractivity contribution in [1.82, 2.24) is 0 Å². The van der Waals surface area contributed by atoms with Gasteiger partial charge in [0, 0.05) is 5.56 Å². The second-order valence-corrected chi connectivity index (χ2v) is 4.94. The van der Waals surface area contributed by atoms with Gasteiger partial charge in [-0.2, -0.15) is 0 Å². The van der Waals surface area contributed by atoms with Crippen LogP contribution in [0.3, 0.4) is 0 Å². The summed E-state index contributed by atoms with van der Waals surface area (Å²) < 4.78 is 29.3. The molecule has 0 saturated carbocycles. The summed E-state index contributed by atoms with van der Waals surface area (Å²) in [7, 11) is 0. The van der Waals surface area contributed by atoms with E-state index in [9.17, 15) is 9.18 Å². The van der Waals surface area contributed by atoms with E-state index in [0.29, 0.717) is 40.7 Å². The van der Waals surface area contributed by atoms with Crippen molar-refractivity contribution < 1.29 is 23.4 Å². The van der Waals surface area contributed by atoms with Crippen LogP contribution in [0.2, 0.25) is 5.02 Å². The molecule has 0 fully saturated rings. The Morgan fingerprint density at radius 1 is 1.09 bits per heavy atom. The van der Waals surface area contributed by atoms with Gasteiger partial charge in [0.15, 0.2) is 11.5 Å². The smallest absolute Gasteiger partial charge is 0.179 e. The second-order valence-electron chi connectivity index (χ2n) is 4.53. The van der Waals surface area contributed by atoms with Crippen LogP contribution in [0.4, 0.5) is 4.39 Å². The molecule has 122 valence electrons. The average molecular weight is 339 g/mol. The van der Waals surface area contributed by atoms with Crippen LogP contribution >= 0.6 is 11.6 Å². The Hall–Kier alpha value is -2.27. The van der Waals surface area contributed by atoms with Gasteiger partial charge in [0.05, 0.1) is 11.6 Å². The zero-order chi connectivity index (χ0) is 16.7. The Morgan fingerprint density at radius 2 is 1.78 bits per heavy atom. The standard InChI is InChI=1S/C17H16ClFO4/c1-2-21-16-10-12(11-20)9-15(18)17(16)23-8-7-22-14-5-3-13(19)4-6-14/h3-6,9-11H,2,7-8H2,1H3. The number of hydrogen-bond donors (Lipinski definition) is 0. The van der Waals surface area contributed by atoms with E-state index in [1.807, 2.05) is 6.92 Å². The van der Waals surface area contributed by atoms with Gasteiger partial charge < -0.3 is 14.2 Å². The average Bonchev–Trinajstić information content (AvgIpc) is 2.55. The number of aldehydes is 1. The van der Waals surface area contributed by atoms with E-state index < -0.39 is 0 Å². The quantitative estimate of drug-likeness (QED) is 0.536. The van der Waals surface area contributed by atoms with Gasteiger partial charge in [-0.05, 0) is 43.3 Å². The van der Waals surface area contributed by atoms with Crippen molar-refractivity contribution in [1.29, 1.82) is 0 Å². The number of carbonyl (C=O) groups excluding carboxylic acids is 1. The third-order valence-electron chi connectivity index (χ3n) is 2.88. The Bertz CT molecular complexity index is 658. The second kappa shape index (κ2) is 8.39. The molecule has 0 N–H and O–H groups in total. The highest BCUT2D eigenvalue weighted by atomic mass is 35.5. The summed E-state index contributed by atoms with van der Waals surface area (Å²) in [6.45, 7) is 2.71. The minimum atomic E-state index is -0.322. The van der Waals surface area contributed by atoms with E-state index in [-0.39, 0.29) is 19.0 Å². The van der Waals surface area contributed by atoms with Crippen molar-refractivity contribution in [2.75, 3.05) is 19.8 Å². The lowest BCUT2D eigenvalue weighted by atomic mass is 10.2. The minimum Gasteiger partial charge on any atom is -0.490 e. The lowest BCUT2D eigenvalue weighted by Gasteiger charge is -2.14. The number of ether oxygens (including phenoxy) is 3. The fourth-order valence-electron chi connectivity index (χ4n) is 1.89. The predicted octanol–water partition coefficient (Wildman–Crippen LogP) is 4.15. The van der Waals surface area contributed by atoms with Gasteiger partial charge in [-0.15, -0.1) is 0 Å². The van der Waals surface area contributed by atoms with Crippen LogP contribution in [0.25, 0.3) is 0 Å². The summed E-state index contributed by atoms with van der Waals surface area (Å²) in [5, 5.41) is 0.292. The third kappa shape index (κ3) is 4.86. The highest BCUT2D eigenvalue weighted by Crippen LogP contribution is 2.36. The van der Waals surface area contributed by atoms with Crippen molar-refractivity contribution in [3.05, 3.63) is 52.8 Å². The van der Waals surface area contributed by atoms with Gasteiger partial charge >= 0.3 is 0 Å². The molecule has 0 saturated heterocycles. The number of benzene rings is 2. The van der Waals surface area contributed by atoms with Crippen LogP contribution in [-0.4, -0.2) is 26.1 Å². The van der Waals surface area contributed by atoms with E-state index in [1.165, 1.54) is 30.3 Å². The molecule has 0 aliphatic carbocycles. The maximum absolute atomic E-state index is 12.8. The molecule has 0 spiro atoms. The number of halogens is 2. The van der Waals surface area contributed by atoms with Gasteiger partial charge in [-0.1, -0.05) is 11.6 Å². The summed E-state index contributed by atoms with van der Waals surface area (Å²) in [6, 6.07) is 8.78. The highest BCUT2D eigenvalue weighted by Gasteiger charge is 2.12. The van der Waals surface area contributed by atoms with E-state index in [0.717, 1.165) is 0 Å². The molecule has 0 heterocycles. The predicted molar refractivity (Wildman–Crippen MR) is 85.4 cm³/mol. The SMILES string of the molecule is CCOc1cc(C=O)cc(Cl)c1OCCOc1ccc(F)cc1. The summed E-state index contributed by atoms with van der Waals surface area (Å²) in [5.74, 6) is 0.991. The lowest BCUT2D eigenvalue weighted by molar-refractivity contribution is 0.112. The van der Waals surface area contributed by atoms with Gasteiger partial charge in [0.25, 0.3) is 0 Å². The molecule has 2 aromatic carbocycles. The summed E-state index contributed by atoms with van der Waals surface area (Å²) in [5.41, 5.74) is 0.411. The maximum Gasteiger partial charge on any atom is 0.179 e. The fraction of sp³-hybridized carbons (Fsp3) is 0.235. The number of carbonyl (C=O) groups is 1. The zero-order valence-electron chi connectivity index (χ0n) is 12.6. The molecular weight excluding hydrogens is 323 g/mol. The molecule has 0 bridgehead atoms. The first kappa shape index (κ1) is 17.1. The van der Waals surface area contributed by atoms with Gasteiger partial charge in [0.2, 0.25) is 0 Å². The van der Waals surface area contributed by atoms with Crippen LogP contribution < -0.4 is 14.2 Å². The molecule has 2 rings (SSSR count). The van der Waals surface area contributed by atoms with E-state index in [4.69, 9.17) is 25.8 Å². The molecule has 0 aliphatic heterocycles. The summed E-state index contributed by atoms with van der Waals surface area (Å²) in [6.07, 6.45) is 0.690. The maximum atomic E-state index is 12.8. The third-order valence-corrected chi connectivity index (χ3v) is 3.16. The highest BCUT2D eigenvalue weighted by molar-refractivity contribution is 6.32. The van der Waals surface area contributed by atoms with Crippen molar-refractivity contribution in [2.45, 2.75) is 6.92 Å². The van der Waals surface area contributed by atoms with Crippen molar-refractivity contribution in [3.63, 3.8) is 0 Å². The van der Waals surface area contributed by atoms with Crippen LogP contribution in [0.15, 0.2) is 36.4 Å². The molecule has 0 atom stereocenters. The van der Waals surface area contributed by atoms with Crippen molar-refractivity contribution in [2.24, 2.45) is 0 Å². The van der Waals surface area contributed by atoms with Crippen LogP contribution in [0, 0.1) is 5.82 Å². The minimum absolute atomic E-state index is 0.220. The molecule has 23 heavy (non-hydrogen) atoms. The zero-order valence-corrected chi connectivity index (χ0v) is 13.3. The van der Waals surface area contributed by atoms with Crippen LogP contribution in [0.5, 0.6) is 17.2 Å². The largest absolute Gasteiger partial charge is 0.490 e. The molecule has 0 aliphatic rings. The lowest BCUT2D eigenvalue weighted by Crippen LogP contribution is -2.10. The van der Waals surface area contributed by atoms with Crippen LogP contribution in [-0.2, 0) is 0 Å². The van der Waals surface area contributed by atoms with Crippen molar-refractivity contribution >= 4 is 17.9 Å². The first-order valence-corrected chi connectivity index (χ1v) is 7.44. The molecular formula is C17H16ClFO4. The monoisotopic (exact) mass is 338 g/mol. The Morgan fingerprint density at radius 3 is 2.43 bits per heavy atom. The summed E-state index contributed by atoms with van der Waals surface area (Å²) >= 11 is 6.12. The topological polar surface area (TPSA) is 44.8 Å². The Labute approximate surface area is 138 Å². The molecule has 0 unspecified atom stereocenters. The first-order chi connectivity index (χ1) is 11.1. The van der Waals surface area contributed by atoms with Gasteiger partial charge in [-0.25, -0.2) is 4.39 Å². The molecule has 4 nitrogen and oxygen atoms in total. The Balaban J connectivity index is 1.96. The Kier molecular flexibility index (Phi) is 6.23. The fourth-order valence-corrected chi connectivity index (χ4v) is 2.17. The molecule has 6 heteroatoms. The number of hydrogen-bond acceptors (Lipinski definition) is 4. The first-order valence-electron chi connectivity index (χ1n) is 7.06. The van der Waals surface area contributed by atoms with Gasteiger partial charge in [-0.3, -0.25) is 4.79 Å². The number of rotatable bonds is 8. The molecule has 0 amide bonds. The summed E-state index contributed by atoms with van der Waals surface area (Å²) in [4.78, 5) is 10.9. The molecule has 0 radical (unpaired) electrons.